The summed E-state index contributed by atoms with van der Waals surface area (Å²) in [5.74, 6) is -1.99. The summed E-state index contributed by atoms with van der Waals surface area (Å²) in [5.41, 5.74) is 1.11. The summed E-state index contributed by atoms with van der Waals surface area (Å²) in [6.45, 7) is -0.0903. The van der Waals surface area contributed by atoms with Gasteiger partial charge in [-0.3, -0.25) is 0 Å². The summed E-state index contributed by atoms with van der Waals surface area (Å²) >= 11 is 1.42. The summed E-state index contributed by atoms with van der Waals surface area (Å²) in [7, 11) is 3.18. The van der Waals surface area contributed by atoms with Gasteiger partial charge in [0.2, 0.25) is 0 Å². The van der Waals surface area contributed by atoms with Crippen LogP contribution in [0.4, 0.5) is 13.2 Å². The Morgan fingerprint density at radius 2 is 1.37 bits per heavy atom. The van der Waals surface area contributed by atoms with Crippen LogP contribution < -0.4 is 9.47 Å². The van der Waals surface area contributed by atoms with Gasteiger partial charge in [0.1, 0.15) is 29.0 Å². The minimum atomic E-state index is -1.25. The van der Waals surface area contributed by atoms with Crippen LogP contribution in [-0.4, -0.2) is 38.1 Å². The van der Waals surface area contributed by atoms with Gasteiger partial charge in [0.25, 0.3) is 0 Å². The molecule has 0 aliphatic carbocycles. The van der Waals surface area contributed by atoms with E-state index in [1.807, 2.05) is 78.9 Å². The van der Waals surface area contributed by atoms with Gasteiger partial charge in [0, 0.05) is 12.0 Å². The van der Waals surface area contributed by atoms with Crippen molar-refractivity contribution in [2.45, 2.75) is 30.3 Å². The maximum atomic E-state index is 14.9. The van der Waals surface area contributed by atoms with E-state index in [1.165, 1.54) is 22.6 Å². The van der Waals surface area contributed by atoms with E-state index in [4.69, 9.17) is 18.9 Å². The van der Waals surface area contributed by atoms with Gasteiger partial charge in [-0.25, -0.2) is 13.2 Å². The van der Waals surface area contributed by atoms with Crippen molar-refractivity contribution in [2.24, 2.45) is 0 Å². The van der Waals surface area contributed by atoms with E-state index in [9.17, 15) is 18.3 Å². The van der Waals surface area contributed by atoms with Crippen LogP contribution in [0.25, 0.3) is 0 Å². The van der Waals surface area contributed by atoms with Crippen LogP contribution in [0.15, 0.2) is 84.9 Å². The van der Waals surface area contributed by atoms with E-state index in [1.54, 1.807) is 14.2 Å². The van der Waals surface area contributed by atoms with Crippen LogP contribution in [0, 0.1) is 21.0 Å². The molecule has 0 amide bonds. The molecule has 1 heterocycles. The predicted molar refractivity (Wildman–Crippen MR) is 156 cm³/mol. The first-order chi connectivity index (χ1) is 19.8. The number of rotatable bonds is 9. The molecular weight excluding hydrogens is 648 g/mol. The number of hydrogen-bond acceptors (Lipinski definition) is 5. The van der Waals surface area contributed by atoms with Crippen LogP contribution in [0.2, 0.25) is 0 Å². The minimum Gasteiger partial charge on any atom is -0.497 e. The zero-order valence-corrected chi connectivity index (χ0v) is 24.5. The smallest absolute Gasteiger partial charge is 0.175 e. The Hall–Kier alpha value is -3.12. The molecule has 214 valence electrons. The van der Waals surface area contributed by atoms with Crippen molar-refractivity contribution in [1.29, 1.82) is 0 Å². The Morgan fingerprint density at radius 3 is 1.90 bits per heavy atom. The van der Waals surface area contributed by atoms with Crippen molar-refractivity contribution in [2.75, 3.05) is 20.8 Å². The Bertz CT molecular complexity index is 1430. The molecule has 4 aromatic carbocycles. The second-order valence-corrected chi connectivity index (χ2v) is 10.7. The molecule has 3 atom stereocenters. The monoisotopic (exact) mass is 676 g/mol. The normalized spacial score (nSPS) is 18.9. The largest absolute Gasteiger partial charge is 0.497 e. The first-order valence-corrected chi connectivity index (χ1v) is 14.0. The van der Waals surface area contributed by atoms with Gasteiger partial charge >= 0.3 is 0 Å². The molecule has 5 rings (SSSR count). The van der Waals surface area contributed by atoms with Crippen LogP contribution in [0.1, 0.15) is 34.8 Å². The van der Waals surface area contributed by atoms with E-state index in [-0.39, 0.29) is 18.6 Å². The van der Waals surface area contributed by atoms with Gasteiger partial charge in [-0.15, -0.1) is 0 Å². The Labute approximate surface area is 250 Å². The lowest BCUT2D eigenvalue weighted by Crippen LogP contribution is -2.38. The second kappa shape index (κ2) is 12.4. The van der Waals surface area contributed by atoms with E-state index in [0.717, 1.165) is 22.8 Å². The first kappa shape index (κ1) is 29.4. The van der Waals surface area contributed by atoms with Crippen molar-refractivity contribution in [3.63, 3.8) is 0 Å². The molecule has 1 fully saturated rings. The minimum absolute atomic E-state index is 0.00446. The molecule has 41 heavy (non-hydrogen) atoms. The van der Waals surface area contributed by atoms with Gasteiger partial charge in [-0.2, -0.15) is 0 Å². The van der Waals surface area contributed by atoms with E-state index in [2.05, 4.69) is 0 Å². The first-order valence-electron chi connectivity index (χ1n) is 12.9. The van der Waals surface area contributed by atoms with Crippen LogP contribution >= 0.6 is 22.6 Å². The number of hydrogen-bond donors (Lipinski definition) is 1. The predicted octanol–water partition coefficient (Wildman–Crippen LogP) is 6.93. The summed E-state index contributed by atoms with van der Waals surface area (Å²) in [6.07, 6.45) is -2.89. The van der Waals surface area contributed by atoms with Crippen LogP contribution in [0.5, 0.6) is 11.5 Å². The van der Waals surface area contributed by atoms with E-state index in [0.29, 0.717) is 11.5 Å². The molecule has 0 spiro atoms. The summed E-state index contributed by atoms with van der Waals surface area (Å²) < 4.78 is 66.0. The summed E-state index contributed by atoms with van der Waals surface area (Å²) in [6, 6.07) is 25.4. The SMILES string of the molecule is COc1ccc(C(OC[C@H]2O[C@@H](c3cc(F)c(F)c(I)c3F)C[C@@H]2O)(c2ccccc2)c2ccc(OC)cc2)cc1. The maximum absolute atomic E-state index is 14.9. The molecule has 0 saturated carbocycles. The highest BCUT2D eigenvalue weighted by molar-refractivity contribution is 14.1. The second-order valence-electron chi connectivity index (χ2n) is 9.67. The summed E-state index contributed by atoms with van der Waals surface area (Å²) in [4.78, 5) is 0. The summed E-state index contributed by atoms with van der Waals surface area (Å²) in [5, 5.41) is 10.9. The van der Waals surface area contributed by atoms with Crippen molar-refractivity contribution in [3.8, 4) is 11.5 Å². The van der Waals surface area contributed by atoms with Crippen molar-refractivity contribution in [3.05, 3.63) is 128 Å². The van der Waals surface area contributed by atoms with Gasteiger partial charge in [0.05, 0.1) is 36.6 Å². The average molecular weight is 676 g/mol. The fraction of sp³-hybridized carbons (Fsp3) is 0.250. The molecule has 0 unspecified atom stereocenters. The molecule has 9 heteroatoms. The number of methoxy groups -OCH3 is 2. The highest BCUT2D eigenvalue weighted by atomic mass is 127. The standard InChI is InChI=1S/C32H28F3IO5/c1-38-22-12-8-20(9-13-22)32(19-6-4-3-5-7-19,21-10-14-23(39-2)15-11-21)40-18-28-26(37)17-27(41-28)24-16-25(33)30(35)31(36)29(24)34/h3-16,26-28,37H,17-18H2,1-2H3/t26-,27+,28+/m0/s1. The third-order valence-corrected chi connectivity index (χ3v) is 8.29. The van der Waals surface area contributed by atoms with E-state index < -0.39 is 44.9 Å². The number of benzene rings is 4. The highest BCUT2D eigenvalue weighted by Crippen LogP contribution is 2.43. The molecule has 4 aromatic rings. The van der Waals surface area contributed by atoms with Crippen molar-refractivity contribution < 1.29 is 37.2 Å². The zero-order valence-electron chi connectivity index (χ0n) is 22.3. The van der Waals surface area contributed by atoms with E-state index >= 15 is 0 Å². The maximum Gasteiger partial charge on any atom is 0.175 e. The number of aliphatic hydroxyl groups is 1. The average Bonchev–Trinajstić information content (AvgIpc) is 3.39. The molecule has 5 nitrogen and oxygen atoms in total. The number of aliphatic hydroxyl groups excluding tert-OH is 1. The van der Waals surface area contributed by atoms with Gasteiger partial charge in [0.15, 0.2) is 11.6 Å². The molecule has 1 aliphatic rings. The van der Waals surface area contributed by atoms with Crippen molar-refractivity contribution >= 4 is 22.6 Å². The van der Waals surface area contributed by atoms with Gasteiger partial charge in [-0.05, 0) is 69.6 Å². The Balaban J connectivity index is 1.53. The third-order valence-electron chi connectivity index (χ3n) is 7.34. The fourth-order valence-electron chi connectivity index (χ4n) is 5.19. The van der Waals surface area contributed by atoms with Crippen LogP contribution in [-0.2, 0) is 15.1 Å². The molecule has 0 bridgehead atoms. The third kappa shape index (κ3) is 5.68. The number of ether oxygens (including phenoxy) is 4. The zero-order chi connectivity index (χ0) is 29.1. The quantitative estimate of drug-likeness (QED) is 0.0903. The highest BCUT2D eigenvalue weighted by Gasteiger charge is 2.42. The Kier molecular flexibility index (Phi) is 8.88. The molecule has 1 aliphatic heterocycles. The molecule has 1 N–H and O–H groups in total. The lowest BCUT2D eigenvalue weighted by Gasteiger charge is -2.37. The van der Waals surface area contributed by atoms with Gasteiger partial charge in [-0.1, -0.05) is 54.6 Å². The molecule has 1 saturated heterocycles. The lowest BCUT2D eigenvalue weighted by atomic mass is 9.80. The molecular formula is C32H28F3IO5. The Morgan fingerprint density at radius 1 is 0.829 bits per heavy atom. The number of halogens is 4. The van der Waals surface area contributed by atoms with Gasteiger partial charge < -0.3 is 24.1 Å². The topological polar surface area (TPSA) is 57.2 Å². The lowest BCUT2D eigenvalue weighted by molar-refractivity contribution is -0.0832. The molecule has 0 aromatic heterocycles. The molecule has 0 radical (unpaired) electrons. The van der Waals surface area contributed by atoms with Crippen LogP contribution in [0.3, 0.4) is 0 Å². The fourth-order valence-corrected chi connectivity index (χ4v) is 5.75. The van der Waals surface area contributed by atoms with Crippen molar-refractivity contribution in [1.82, 2.24) is 0 Å².